The summed E-state index contributed by atoms with van der Waals surface area (Å²) in [6.45, 7) is 1.56. The molecule has 0 atom stereocenters. The molecule has 2 aromatic rings. The highest BCUT2D eigenvalue weighted by Gasteiger charge is 2.19. The van der Waals surface area contributed by atoms with E-state index < -0.39 is 0 Å². The lowest BCUT2D eigenvalue weighted by molar-refractivity contribution is 0.723. The summed E-state index contributed by atoms with van der Waals surface area (Å²) in [5.41, 5.74) is 3.59. The van der Waals surface area contributed by atoms with E-state index in [1.54, 1.807) is 12.1 Å². The number of fused-ring (bicyclic) bond motifs is 2. The largest absolute Gasteiger partial charge is 0.341 e. The lowest BCUT2D eigenvalue weighted by Gasteiger charge is -2.27. The molecule has 0 amide bonds. The third-order valence-corrected chi connectivity index (χ3v) is 3.72. The summed E-state index contributed by atoms with van der Waals surface area (Å²) in [6.07, 6.45) is 2.35. The highest BCUT2D eigenvalue weighted by atomic mass is 35.5. The van der Waals surface area contributed by atoms with E-state index in [1.165, 1.54) is 0 Å². The molecule has 0 aliphatic carbocycles. The molecule has 0 unspecified atom stereocenters. The molecule has 3 rings (SSSR count). The second-order valence-electron chi connectivity index (χ2n) is 5.06. The van der Waals surface area contributed by atoms with E-state index in [4.69, 9.17) is 5.48 Å². The van der Waals surface area contributed by atoms with Gasteiger partial charge in [0.1, 0.15) is 0 Å². The number of hydrogen-bond acceptors (Lipinski definition) is 2. The predicted octanol–water partition coefficient (Wildman–Crippen LogP) is 3.95. The lowest BCUT2D eigenvalue weighted by atomic mass is 10.0. The molecular weight excluding hydrogens is 280 g/mol. The van der Waals surface area contributed by atoms with Crippen molar-refractivity contribution in [3.63, 3.8) is 0 Å². The van der Waals surface area contributed by atoms with Crippen LogP contribution in [0.5, 0.6) is 0 Å². The van der Waals surface area contributed by atoms with E-state index in [2.05, 4.69) is 10.2 Å². The van der Waals surface area contributed by atoms with Gasteiger partial charge in [0.15, 0.2) is 0 Å². The van der Waals surface area contributed by atoms with Crippen molar-refractivity contribution in [1.82, 2.24) is 5.32 Å². The van der Waals surface area contributed by atoms with Crippen LogP contribution in [0.15, 0.2) is 48.4 Å². The van der Waals surface area contributed by atoms with Gasteiger partial charge in [-0.05, 0) is 56.1 Å². The van der Waals surface area contributed by atoms with Crippen LogP contribution in [0.25, 0.3) is 0 Å². The molecule has 1 aliphatic heterocycles. The fourth-order valence-corrected chi connectivity index (χ4v) is 2.73. The molecule has 0 saturated carbocycles. The molecule has 112 valence electrons. The fraction of sp³-hybridized carbons (Fsp3) is 0.333. The van der Waals surface area contributed by atoms with Crippen LogP contribution >= 0.6 is 12.4 Å². The Bertz CT molecular complexity index is 708. The summed E-state index contributed by atoms with van der Waals surface area (Å²) in [4.78, 5) is 2.05. The Balaban J connectivity index is 0.00000225. The van der Waals surface area contributed by atoms with E-state index in [1.807, 2.05) is 19.2 Å². The molecule has 0 radical (unpaired) electrons. The van der Waals surface area contributed by atoms with E-state index in [0.29, 0.717) is 30.7 Å². The minimum atomic E-state index is 0. The minimum Gasteiger partial charge on any atom is -0.341 e. The minimum absolute atomic E-state index is 0. The van der Waals surface area contributed by atoms with Crippen LogP contribution in [0.2, 0.25) is 0 Å². The number of rotatable bonds is 4. The van der Waals surface area contributed by atoms with E-state index in [9.17, 15) is 0 Å². The van der Waals surface area contributed by atoms with Crippen molar-refractivity contribution in [2.75, 3.05) is 25.0 Å². The topological polar surface area (TPSA) is 15.3 Å². The Labute approximate surface area is 139 Å². The van der Waals surface area contributed by atoms with Crippen molar-refractivity contribution >= 4 is 23.8 Å². The Kier molecular flexibility index (Phi) is 3.96. The van der Waals surface area contributed by atoms with Crippen molar-refractivity contribution in [3.05, 3.63) is 59.6 Å². The third kappa shape index (κ3) is 3.39. The van der Waals surface area contributed by atoms with Gasteiger partial charge in [-0.25, -0.2) is 0 Å². The summed E-state index contributed by atoms with van der Waals surface area (Å²) in [5.74, 6) is 0. The van der Waals surface area contributed by atoms with Gasteiger partial charge in [-0.15, -0.1) is 12.4 Å². The van der Waals surface area contributed by atoms with Gasteiger partial charge in [-0.1, -0.05) is 36.4 Å². The molecule has 0 spiro atoms. The first-order valence-corrected chi connectivity index (χ1v) is 7.13. The normalized spacial score (nSPS) is 15.6. The smallest absolute Gasteiger partial charge is 0.0645 e. The highest BCUT2D eigenvalue weighted by Crippen LogP contribution is 2.35. The van der Waals surface area contributed by atoms with Crippen LogP contribution in [-0.4, -0.2) is 20.1 Å². The molecule has 1 heterocycles. The SMILES string of the molecule is Cl.[2H]c1cc([2H])c2c(c1)CCc1cc([2H])cc([2H])c1N2CCCNC. The summed E-state index contributed by atoms with van der Waals surface area (Å²) in [5, 5.41) is 3.14. The molecule has 1 aliphatic rings. The maximum Gasteiger partial charge on any atom is 0.0645 e. The fourth-order valence-electron chi connectivity index (χ4n) is 2.73. The number of anilines is 2. The van der Waals surface area contributed by atoms with Crippen LogP contribution in [0.4, 0.5) is 11.4 Å². The predicted molar refractivity (Wildman–Crippen MR) is 93.1 cm³/mol. The average Bonchev–Trinajstić information content (AvgIpc) is 2.65. The second kappa shape index (κ2) is 7.48. The van der Waals surface area contributed by atoms with Crippen LogP contribution in [-0.2, 0) is 12.8 Å². The third-order valence-electron chi connectivity index (χ3n) is 3.72. The molecule has 0 bridgehead atoms. The molecule has 2 nitrogen and oxygen atoms in total. The quantitative estimate of drug-likeness (QED) is 0.860. The zero-order valence-corrected chi connectivity index (χ0v) is 13.0. The lowest BCUT2D eigenvalue weighted by Crippen LogP contribution is -2.22. The molecule has 0 aromatic heterocycles. The van der Waals surface area contributed by atoms with Crippen molar-refractivity contribution in [2.24, 2.45) is 0 Å². The number of nitrogens with zero attached hydrogens (tertiary/aromatic N) is 1. The monoisotopic (exact) mass is 306 g/mol. The molecule has 2 aromatic carbocycles. The Hall–Kier alpha value is -1.51. The molecule has 1 N–H and O–H groups in total. The van der Waals surface area contributed by atoms with Crippen LogP contribution in [0, 0.1) is 0 Å². The Morgan fingerprint density at radius 3 is 2.19 bits per heavy atom. The van der Waals surface area contributed by atoms with Crippen LogP contribution in [0.3, 0.4) is 0 Å². The zero-order valence-electron chi connectivity index (χ0n) is 16.2. The number of para-hydroxylation sites is 2. The van der Waals surface area contributed by atoms with Crippen molar-refractivity contribution in [2.45, 2.75) is 19.3 Å². The van der Waals surface area contributed by atoms with Crippen molar-refractivity contribution < 1.29 is 5.48 Å². The molecule has 3 heteroatoms. The average molecular weight is 307 g/mol. The second-order valence-corrected chi connectivity index (χ2v) is 5.06. The van der Waals surface area contributed by atoms with E-state index in [-0.39, 0.29) is 12.4 Å². The maximum absolute atomic E-state index is 8.38. The Morgan fingerprint density at radius 2 is 1.67 bits per heavy atom. The first-order chi connectivity index (χ1) is 11.5. The first kappa shape index (κ1) is 11.1. The highest BCUT2D eigenvalue weighted by molar-refractivity contribution is 5.85. The van der Waals surface area contributed by atoms with Gasteiger partial charge in [-0.2, -0.15) is 0 Å². The van der Waals surface area contributed by atoms with Crippen molar-refractivity contribution in [1.29, 1.82) is 0 Å². The van der Waals surface area contributed by atoms with Gasteiger partial charge in [0.2, 0.25) is 0 Å². The van der Waals surface area contributed by atoms with Crippen LogP contribution < -0.4 is 10.2 Å². The van der Waals surface area contributed by atoms with Gasteiger partial charge < -0.3 is 10.2 Å². The molecule has 0 saturated heterocycles. The van der Waals surface area contributed by atoms with E-state index >= 15 is 0 Å². The maximum atomic E-state index is 8.38. The summed E-state index contributed by atoms with van der Waals surface area (Å²) < 4.78 is 32.6. The van der Waals surface area contributed by atoms with Gasteiger partial charge in [-0.3, -0.25) is 0 Å². The van der Waals surface area contributed by atoms with Gasteiger partial charge >= 0.3 is 0 Å². The van der Waals surface area contributed by atoms with Gasteiger partial charge in [0, 0.05) is 17.9 Å². The summed E-state index contributed by atoms with van der Waals surface area (Å²) in [6, 6.07) is 8.17. The first-order valence-electron chi connectivity index (χ1n) is 9.13. The summed E-state index contributed by atoms with van der Waals surface area (Å²) in [7, 11) is 1.91. The van der Waals surface area contributed by atoms with Gasteiger partial charge in [0.05, 0.1) is 5.48 Å². The number of aryl methyl sites for hydroxylation is 2. The van der Waals surface area contributed by atoms with E-state index in [0.717, 1.165) is 48.3 Å². The summed E-state index contributed by atoms with van der Waals surface area (Å²) >= 11 is 0. The number of benzene rings is 2. The van der Waals surface area contributed by atoms with Gasteiger partial charge in [0.25, 0.3) is 0 Å². The number of hydrogen-bond donors (Lipinski definition) is 1. The Morgan fingerprint density at radius 1 is 1.10 bits per heavy atom. The van der Waals surface area contributed by atoms with Crippen LogP contribution in [0.1, 0.15) is 23.0 Å². The molecule has 21 heavy (non-hydrogen) atoms. The molecular formula is C18H23ClN2. The molecule has 0 fully saturated rings. The number of nitrogens with one attached hydrogen (secondary N) is 1. The standard InChI is InChI=1S/C18H22N2.ClH/c1-19-13-6-14-20-17-9-4-2-7-15(17)11-12-16-8-3-5-10-18(16)20;/h2-5,7-10,19H,6,11-14H2,1H3;1H/i2D,3D,9D,10D;. The zero-order chi connectivity index (χ0) is 17.3. The van der Waals surface area contributed by atoms with Crippen molar-refractivity contribution in [3.8, 4) is 0 Å². The number of halogens is 1.